The zero-order valence-corrected chi connectivity index (χ0v) is 11.4. The van der Waals surface area contributed by atoms with E-state index in [0.29, 0.717) is 5.15 Å². The third-order valence-corrected chi connectivity index (χ3v) is 4.30. The third kappa shape index (κ3) is 1.96. The van der Waals surface area contributed by atoms with Gasteiger partial charge in [0.15, 0.2) is 6.23 Å². The summed E-state index contributed by atoms with van der Waals surface area (Å²) < 4.78 is 8.41. The number of hydrogen-bond acceptors (Lipinski definition) is 3. The Balaban J connectivity index is 2.08. The Labute approximate surface area is 112 Å². The molecule has 0 spiro atoms. The van der Waals surface area contributed by atoms with Crippen molar-refractivity contribution in [1.29, 1.82) is 0 Å². The second kappa shape index (κ2) is 4.55. The van der Waals surface area contributed by atoms with Gasteiger partial charge in [-0.25, -0.2) is 9.67 Å². The van der Waals surface area contributed by atoms with Gasteiger partial charge < -0.3 is 4.74 Å². The van der Waals surface area contributed by atoms with Crippen LogP contribution in [0.3, 0.4) is 0 Å². The number of aromatic nitrogens is 3. The maximum Gasteiger partial charge on any atom is 0.150 e. The number of fused-ring (bicyclic) bond motifs is 1. The molecule has 4 nitrogen and oxygen atoms in total. The molecule has 0 N–H and O–H groups in total. The molecule has 3 heterocycles. The second-order valence-corrected chi connectivity index (χ2v) is 5.22. The predicted molar refractivity (Wildman–Crippen MR) is 69.1 cm³/mol. The fourth-order valence-corrected chi connectivity index (χ4v) is 2.66. The van der Waals surface area contributed by atoms with E-state index >= 15 is 0 Å². The van der Waals surface area contributed by atoms with Gasteiger partial charge >= 0.3 is 0 Å². The number of rotatable bonds is 1. The zero-order valence-electron chi connectivity index (χ0n) is 9.07. The topological polar surface area (TPSA) is 39.9 Å². The molecule has 90 valence electrons. The largest absolute Gasteiger partial charge is 0.356 e. The Morgan fingerprint density at radius 3 is 3.06 bits per heavy atom. The summed E-state index contributed by atoms with van der Waals surface area (Å²) in [6.07, 6.45) is 6.86. The van der Waals surface area contributed by atoms with Crippen LogP contribution in [-0.4, -0.2) is 21.4 Å². The Morgan fingerprint density at radius 1 is 1.41 bits per heavy atom. The smallest absolute Gasteiger partial charge is 0.150 e. The molecule has 2 aromatic heterocycles. The fourth-order valence-electron chi connectivity index (χ4n) is 2.10. The second-order valence-electron chi connectivity index (χ2n) is 4.07. The minimum Gasteiger partial charge on any atom is -0.356 e. The van der Waals surface area contributed by atoms with Crippen LogP contribution in [0.25, 0.3) is 10.9 Å². The molecule has 0 radical (unpaired) electrons. The average molecular weight is 317 g/mol. The first-order valence-corrected chi connectivity index (χ1v) is 6.73. The van der Waals surface area contributed by atoms with E-state index in [1.54, 1.807) is 12.4 Å². The molecule has 3 rings (SSSR count). The summed E-state index contributed by atoms with van der Waals surface area (Å²) in [6.45, 7) is 0.800. The number of pyridine rings is 1. The monoisotopic (exact) mass is 315 g/mol. The third-order valence-electron chi connectivity index (χ3n) is 2.98. The molecule has 0 amide bonds. The van der Waals surface area contributed by atoms with Gasteiger partial charge in [0.2, 0.25) is 0 Å². The maximum atomic E-state index is 5.96. The van der Waals surface area contributed by atoms with Crippen molar-refractivity contribution in [2.45, 2.75) is 25.5 Å². The molecule has 0 saturated carbocycles. The van der Waals surface area contributed by atoms with E-state index in [4.69, 9.17) is 16.3 Å². The van der Waals surface area contributed by atoms with Crippen LogP contribution in [-0.2, 0) is 4.74 Å². The lowest BCUT2D eigenvalue weighted by atomic mass is 10.2. The molecular formula is C11H11BrClN3O. The normalized spacial score (nSPS) is 20.9. The molecule has 1 fully saturated rings. The highest BCUT2D eigenvalue weighted by Crippen LogP contribution is 2.32. The van der Waals surface area contributed by atoms with E-state index in [-0.39, 0.29) is 6.23 Å². The lowest BCUT2D eigenvalue weighted by Gasteiger charge is -2.23. The van der Waals surface area contributed by atoms with Crippen LogP contribution in [0, 0.1) is 0 Å². The Kier molecular flexibility index (Phi) is 3.06. The lowest BCUT2D eigenvalue weighted by molar-refractivity contribution is -0.0367. The van der Waals surface area contributed by atoms with Crippen molar-refractivity contribution in [2.75, 3.05) is 6.61 Å². The summed E-state index contributed by atoms with van der Waals surface area (Å²) in [4.78, 5) is 4.14. The van der Waals surface area contributed by atoms with Crippen molar-refractivity contribution in [1.82, 2.24) is 14.8 Å². The molecule has 1 aliphatic rings. The van der Waals surface area contributed by atoms with Crippen LogP contribution in [0.2, 0.25) is 5.15 Å². The Morgan fingerprint density at radius 2 is 2.29 bits per heavy atom. The minimum absolute atomic E-state index is 0.0242. The molecule has 6 heteroatoms. The van der Waals surface area contributed by atoms with Crippen molar-refractivity contribution < 1.29 is 4.74 Å². The van der Waals surface area contributed by atoms with Crippen molar-refractivity contribution in [3.05, 3.63) is 22.0 Å². The van der Waals surface area contributed by atoms with E-state index in [9.17, 15) is 0 Å². The quantitative estimate of drug-likeness (QED) is 0.755. The van der Waals surface area contributed by atoms with Gasteiger partial charge in [-0.1, -0.05) is 11.6 Å². The summed E-state index contributed by atoms with van der Waals surface area (Å²) in [5, 5.41) is 5.82. The molecule has 1 atom stereocenters. The van der Waals surface area contributed by atoms with Crippen molar-refractivity contribution >= 4 is 38.4 Å². The van der Waals surface area contributed by atoms with Gasteiger partial charge in [0, 0.05) is 12.0 Å². The van der Waals surface area contributed by atoms with E-state index in [1.807, 2.05) is 4.68 Å². The van der Waals surface area contributed by atoms with Crippen LogP contribution in [0.15, 0.2) is 16.9 Å². The lowest BCUT2D eigenvalue weighted by Crippen LogP contribution is -2.18. The summed E-state index contributed by atoms with van der Waals surface area (Å²) in [6, 6.07) is 0. The first kappa shape index (κ1) is 11.4. The number of ether oxygens (including phenoxy) is 1. The van der Waals surface area contributed by atoms with Crippen LogP contribution in [0.1, 0.15) is 25.5 Å². The van der Waals surface area contributed by atoms with Gasteiger partial charge in [-0.15, -0.1) is 0 Å². The average Bonchev–Trinajstić information content (AvgIpc) is 2.79. The van der Waals surface area contributed by atoms with Gasteiger partial charge in [-0.3, -0.25) is 0 Å². The molecule has 0 bridgehead atoms. The Hall–Kier alpha value is -0.650. The standard InChI is InChI=1S/C11H11BrClN3O/c12-10-7-5-15-16(8(7)6-14-11(10)13)9-3-1-2-4-17-9/h5-6,9H,1-4H2. The van der Waals surface area contributed by atoms with Crippen LogP contribution < -0.4 is 0 Å². The van der Waals surface area contributed by atoms with E-state index < -0.39 is 0 Å². The van der Waals surface area contributed by atoms with Gasteiger partial charge in [0.1, 0.15) is 5.15 Å². The summed E-state index contributed by atoms with van der Waals surface area (Å²) in [5.41, 5.74) is 0.952. The van der Waals surface area contributed by atoms with Crippen molar-refractivity contribution in [3.63, 3.8) is 0 Å². The van der Waals surface area contributed by atoms with E-state index in [2.05, 4.69) is 26.0 Å². The highest BCUT2D eigenvalue weighted by Gasteiger charge is 2.19. The Bertz CT molecular complexity index is 551. The molecule has 17 heavy (non-hydrogen) atoms. The van der Waals surface area contributed by atoms with Gasteiger partial charge in [-0.05, 0) is 35.2 Å². The molecule has 1 aliphatic heterocycles. The predicted octanol–water partition coefficient (Wildman–Crippen LogP) is 3.55. The molecule has 1 saturated heterocycles. The van der Waals surface area contributed by atoms with Crippen molar-refractivity contribution in [2.24, 2.45) is 0 Å². The first-order chi connectivity index (χ1) is 8.27. The first-order valence-electron chi connectivity index (χ1n) is 5.56. The molecular weight excluding hydrogens is 305 g/mol. The number of hydrogen-bond donors (Lipinski definition) is 0. The van der Waals surface area contributed by atoms with Crippen LogP contribution >= 0.6 is 27.5 Å². The van der Waals surface area contributed by atoms with Gasteiger partial charge in [0.25, 0.3) is 0 Å². The summed E-state index contributed by atoms with van der Waals surface area (Å²) in [5.74, 6) is 0. The number of nitrogens with zero attached hydrogens (tertiary/aromatic N) is 3. The molecule has 0 aliphatic carbocycles. The fraction of sp³-hybridized carbons (Fsp3) is 0.455. The highest BCUT2D eigenvalue weighted by atomic mass is 79.9. The van der Waals surface area contributed by atoms with Crippen molar-refractivity contribution in [3.8, 4) is 0 Å². The SMILES string of the molecule is Clc1ncc2c(cnn2C2CCCCO2)c1Br. The maximum absolute atomic E-state index is 5.96. The van der Waals surface area contributed by atoms with Gasteiger partial charge in [-0.2, -0.15) is 5.10 Å². The summed E-state index contributed by atoms with van der Waals surface area (Å²) >= 11 is 9.39. The van der Waals surface area contributed by atoms with Gasteiger partial charge in [0.05, 0.1) is 22.4 Å². The molecule has 0 aromatic carbocycles. The summed E-state index contributed by atoms with van der Waals surface area (Å²) in [7, 11) is 0. The highest BCUT2D eigenvalue weighted by molar-refractivity contribution is 9.10. The number of halogens is 2. The zero-order chi connectivity index (χ0) is 11.8. The van der Waals surface area contributed by atoms with E-state index in [1.165, 1.54) is 6.42 Å². The molecule has 1 unspecified atom stereocenters. The van der Waals surface area contributed by atoms with E-state index in [0.717, 1.165) is 34.8 Å². The van der Waals surface area contributed by atoms with Crippen LogP contribution in [0.5, 0.6) is 0 Å². The molecule has 2 aromatic rings. The minimum atomic E-state index is 0.0242. The van der Waals surface area contributed by atoms with Crippen LogP contribution in [0.4, 0.5) is 0 Å².